The van der Waals surface area contributed by atoms with E-state index in [0.717, 1.165) is 0 Å². The number of carboxylic acids is 1. The zero-order valence-corrected chi connectivity index (χ0v) is 10.6. The lowest BCUT2D eigenvalue weighted by Gasteiger charge is -2.06. The van der Waals surface area contributed by atoms with Crippen LogP contribution in [-0.2, 0) is 16.1 Å². The number of carbonyl (C=O) groups is 3. The zero-order chi connectivity index (χ0) is 14.4. The van der Waals surface area contributed by atoms with E-state index in [0.29, 0.717) is 12.2 Å². The Morgan fingerprint density at radius 2 is 1.89 bits per heavy atom. The number of aromatic carboxylic acids is 1. The van der Waals surface area contributed by atoms with Crippen LogP contribution in [0.15, 0.2) is 0 Å². The van der Waals surface area contributed by atoms with Gasteiger partial charge in [-0.3, -0.25) is 9.59 Å². The van der Waals surface area contributed by atoms with Crippen LogP contribution >= 0.6 is 0 Å². The number of rotatable bonds is 6. The second-order valence-corrected chi connectivity index (χ2v) is 3.82. The summed E-state index contributed by atoms with van der Waals surface area (Å²) in [6.07, 6.45) is 0. The lowest BCUT2D eigenvalue weighted by atomic mass is 10.3. The third kappa shape index (κ3) is 4.37. The van der Waals surface area contributed by atoms with E-state index in [4.69, 9.17) is 5.11 Å². The smallest absolute Gasteiger partial charge is 0.358 e. The van der Waals surface area contributed by atoms with E-state index in [9.17, 15) is 14.4 Å². The molecule has 104 valence electrons. The maximum atomic E-state index is 11.5. The van der Waals surface area contributed by atoms with E-state index in [1.165, 1.54) is 18.5 Å². The predicted molar refractivity (Wildman–Crippen MR) is 63.4 cm³/mol. The molecule has 0 bridgehead atoms. The first-order valence-corrected chi connectivity index (χ1v) is 5.56. The lowest BCUT2D eigenvalue weighted by Crippen LogP contribution is -2.35. The van der Waals surface area contributed by atoms with Gasteiger partial charge >= 0.3 is 5.97 Å². The van der Waals surface area contributed by atoms with Crippen LogP contribution in [0.4, 0.5) is 0 Å². The van der Waals surface area contributed by atoms with Crippen molar-refractivity contribution >= 4 is 17.8 Å². The molecule has 0 radical (unpaired) electrons. The molecule has 0 saturated carbocycles. The molecule has 0 saturated heterocycles. The van der Waals surface area contributed by atoms with Crippen molar-refractivity contribution in [3.05, 3.63) is 11.4 Å². The van der Waals surface area contributed by atoms with Crippen LogP contribution in [0.2, 0.25) is 0 Å². The fourth-order valence-electron chi connectivity index (χ4n) is 1.34. The number of hydrogen-bond donors (Lipinski definition) is 3. The zero-order valence-electron chi connectivity index (χ0n) is 10.6. The van der Waals surface area contributed by atoms with E-state index in [1.54, 1.807) is 0 Å². The molecule has 9 nitrogen and oxygen atoms in total. The summed E-state index contributed by atoms with van der Waals surface area (Å²) in [5.41, 5.74) is 0.135. The Morgan fingerprint density at radius 1 is 1.26 bits per heavy atom. The Hall–Kier alpha value is -2.45. The lowest BCUT2D eigenvalue weighted by molar-refractivity contribution is -0.122. The van der Waals surface area contributed by atoms with E-state index in [2.05, 4.69) is 20.9 Å². The number of aromatic nitrogens is 3. The van der Waals surface area contributed by atoms with Gasteiger partial charge in [0.1, 0.15) is 6.54 Å². The molecular formula is C10H15N5O4. The molecule has 0 aliphatic carbocycles. The van der Waals surface area contributed by atoms with Crippen LogP contribution in [-0.4, -0.2) is 51.0 Å². The highest BCUT2D eigenvalue weighted by Gasteiger charge is 2.16. The topological polar surface area (TPSA) is 126 Å². The van der Waals surface area contributed by atoms with Gasteiger partial charge in [0.15, 0.2) is 5.69 Å². The molecule has 1 rings (SSSR count). The number of hydrogen-bond acceptors (Lipinski definition) is 5. The first-order chi connectivity index (χ1) is 8.91. The van der Waals surface area contributed by atoms with Crippen molar-refractivity contribution in [1.82, 2.24) is 25.6 Å². The van der Waals surface area contributed by atoms with E-state index in [1.807, 2.05) is 0 Å². The summed E-state index contributed by atoms with van der Waals surface area (Å²) in [6, 6.07) is 0. The van der Waals surface area contributed by atoms with Crippen molar-refractivity contribution in [2.24, 2.45) is 0 Å². The summed E-state index contributed by atoms with van der Waals surface area (Å²) < 4.78 is 1.21. The average molecular weight is 269 g/mol. The SMILES string of the molecule is CC(=O)NCCNC(=O)Cn1nnc(C(=O)O)c1C. The fraction of sp³-hybridized carbons (Fsp3) is 0.500. The van der Waals surface area contributed by atoms with Crippen molar-refractivity contribution in [3.8, 4) is 0 Å². The standard InChI is InChI=1S/C10H15N5O4/c1-6-9(10(18)19)13-14-15(6)5-8(17)12-4-3-11-7(2)16/h3-5H2,1-2H3,(H,11,16)(H,12,17)(H,18,19). The van der Waals surface area contributed by atoms with Gasteiger partial charge in [-0.15, -0.1) is 5.10 Å². The molecule has 1 aromatic heterocycles. The van der Waals surface area contributed by atoms with Crippen molar-refractivity contribution in [2.75, 3.05) is 13.1 Å². The van der Waals surface area contributed by atoms with Crippen LogP contribution in [0.3, 0.4) is 0 Å². The third-order valence-electron chi connectivity index (χ3n) is 2.30. The number of nitrogens with one attached hydrogen (secondary N) is 2. The van der Waals surface area contributed by atoms with Crippen LogP contribution in [0.1, 0.15) is 23.1 Å². The normalized spacial score (nSPS) is 10.0. The van der Waals surface area contributed by atoms with E-state index < -0.39 is 5.97 Å². The van der Waals surface area contributed by atoms with Gasteiger partial charge in [-0.25, -0.2) is 9.48 Å². The molecule has 0 aliphatic rings. The molecule has 1 aromatic rings. The van der Waals surface area contributed by atoms with Gasteiger partial charge in [-0.2, -0.15) is 0 Å². The van der Waals surface area contributed by atoms with E-state index in [-0.39, 0.29) is 30.6 Å². The highest BCUT2D eigenvalue weighted by Crippen LogP contribution is 2.02. The molecule has 0 aliphatic heterocycles. The van der Waals surface area contributed by atoms with Crippen molar-refractivity contribution < 1.29 is 19.5 Å². The summed E-state index contributed by atoms with van der Waals surface area (Å²) in [5, 5.41) is 20.9. The molecule has 0 unspecified atom stereocenters. The van der Waals surface area contributed by atoms with Crippen LogP contribution < -0.4 is 10.6 Å². The number of nitrogens with zero attached hydrogens (tertiary/aromatic N) is 3. The maximum Gasteiger partial charge on any atom is 0.358 e. The predicted octanol–water partition coefficient (Wildman–Crippen LogP) is -1.46. The largest absolute Gasteiger partial charge is 0.476 e. The first-order valence-electron chi connectivity index (χ1n) is 5.56. The molecule has 0 spiro atoms. The molecule has 9 heteroatoms. The van der Waals surface area contributed by atoms with Gasteiger partial charge in [0.05, 0.1) is 5.69 Å². The third-order valence-corrected chi connectivity index (χ3v) is 2.30. The van der Waals surface area contributed by atoms with Crippen LogP contribution in [0, 0.1) is 6.92 Å². The number of carbonyl (C=O) groups excluding carboxylic acids is 2. The van der Waals surface area contributed by atoms with Crippen molar-refractivity contribution in [3.63, 3.8) is 0 Å². The molecule has 2 amide bonds. The summed E-state index contributed by atoms with van der Waals surface area (Å²) >= 11 is 0. The van der Waals surface area contributed by atoms with Gasteiger partial charge < -0.3 is 15.7 Å². The molecule has 19 heavy (non-hydrogen) atoms. The van der Waals surface area contributed by atoms with Gasteiger partial charge in [-0.1, -0.05) is 5.21 Å². The molecule has 1 heterocycles. The Labute approximate surface area is 109 Å². The van der Waals surface area contributed by atoms with Crippen LogP contribution in [0.5, 0.6) is 0 Å². The van der Waals surface area contributed by atoms with Gasteiger partial charge in [0.2, 0.25) is 11.8 Å². The Morgan fingerprint density at radius 3 is 2.42 bits per heavy atom. The second-order valence-electron chi connectivity index (χ2n) is 3.82. The average Bonchev–Trinajstić information content (AvgIpc) is 2.66. The number of amides is 2. The molecule has 0 atom stereocenters. The van der Waals surface area contributed by atoms with Crippen molar-refractivity contribution in [2.45, 2.75) is 20.4 Å². The highest BCUT2D eigenvalue weighted by atomic mass is 16.4. The minimum atomic E-state index is -1.19. The monoisotopic (exact) mass is 269 g/mol. The Balaban J connectivity index is 2.44. The fourth-order valence-corrected chi connectivity index (χ4v) is 1.34. The van der Waals surface area contributed by atoms with Gasteiger partial charge in [0, 0.05) is 20.0 Å². The second kappa shape index (κ2) is 6.47. The molecule has 0 aromatic carbocycles. The summed E-state index contributed by atoms with van der Waals surface area (Å²) in [6.45, 7) is 3.41. The first kappa shape index (κ1) is 14.6. The van der Waals surface area contributed by atoms with Gasteiger partial charge in [0.25, 0.3) is 0 Å². The Bertz CT molecular complexity index is 496. The minimum Gasteiger partial charge on any atom is -0.476 e. The summed E-state index contributed by atoms with van der Waals surface area (Å²) in [4.78, 5) is 32.9. The highest BCUT2D eigenvalue weighted by molar-refractivity contribution is 5.86. The molecular weight excluding hydrogens is 254 g/mol. The molecule has 0 fully saturated rings. The minimum absolute atomic E-state index is 0.119. The van der Waals surface area contributed by atoms with Gasteiger partial charge in [-0.05, 0) is 6.92 Å². The van der Waals surface area contributed by atoms with E-state index >= 15 is 0 Å². The number of carboxylic acid groups (broad SMARTS) is 1. The molecule has 3 N–H and O–H groups in total. The van der Waals surface area contributed by atoms with Crippen molar-refractivity contribution in [1.29, 1.82) is 0 Å². The summed E-state index contributed by atoms with van der Waals surface area (Å²) in [5.74, 6) is -1.70. The maximum absolute atomic E-state index is 11.5. The Kier molecular flexibility index (Phi) is 4.98. The van der Waals surface area contributed by atoms with Crippen LogP contribution in [0.25, 0.3) is 0 Å². The quantitative estimate of drug-likeness (QED) is 0.542. The summed E-state index contributed by atoms with van der Waals surface area (Å²) in [7, 11) is 0.